The smallest absolute Gasteiger partial charge is 0.154 e. The lowest BCUT2D eigenvalue weighted by molar-refractivity contribution is -0.00000196. The molecule has 0 fully saturated rings. The summed E-state index contributed by atoms with van der Waals surface area (Å²) in [5.41, 5.74) is 0. The lowest BCUT2D eigenvalue weighted by atomic mass is 10.4. The van der Waals surface area contributed by atoms with E-state index < -0.39 is 0 Å². The molecule has 0 saturated heterocycles. The first-order chi connectivity index (χ1) is 4.30. The summed E-state index contributed by atoms with van der Waals surface area (Å²) in [5.74, 6) is 0. The lowest BCUT2D eigenvalue weighted by Crippen LogP contribution is -3.00. The third kappa shape index (κ3) is 2.63. The van der Waals surface area contributed by atoms with E-state index in [4.69, 9.17) is 0 Å². The third-order valence-corrected chi connectivity index (χ3v) is 2.43. The number of hydrogen-bond acceptors (Lipinski definition) is 0. The minimum absolute atomic E-state index is 0. The Hall–Kier alpha value is -0.140. The average Bonchev–Trinajstić information content (AvgIpc) is 1.90. The van der Waals surface area contributed by atoms with Crippen LogP contribution in [-0.2, 0) is 10.9 Å². The third-order valence-electron chi connectivity index (χ3n) is 1.21. The Morgan fingerprint density at radius 2 is 1.50 bits per heavy atom. The van der Waals surface area contributed by atoms with Gasteiger partial charge in [0.2, 0.25) is 0 Å². The molecule has 0 N–H and O–H groups in total. The van der Waals surface area contributed by atoms with E-state index in [1.54, 1.807) is 0 Å². The van der Waals surface area contributed by atoms with Gasteiger partial charge < -0.3 is 12.4 Å². The summed E-state index contributed by atoms with van der Waals surface area (Å²) >= 11 is 0. The van der Waals surface area contributed by atoms with Gasteiger partial charge in [0.05, 0.1) is 0 Å². The van der Waals surface area contributed by atoms with Gasteiger partial charge in [0.1, 0.15) is 12.5 Å². The number of rotatable bonds is 1. The Bertz CT molecular complexity index is 172. The van der Waals surface area contributed by atoms with Crippen molar-refractivity contribution in [2.45, 2.75) is 4.90 Å². The molecule has 0 aromatic heterocycles. The van der Waals surface area contributed by atoms with Gasteiger partial charge in [-0.3, -0.25) is 0 Å². The summed E-state index contributed by atoms with van der Waals surface area (Å²) in [5, 5.41) is 0. The summed E-state index contributed by atoms with van der Waals surface area (Å²) in [6, 6.07) is 10.6. The fourth-order valence-electron chi connectivity index (χ4n) is 0.693. The van der Waals surface area contributed by atoms with Crippen LogP contribution in [-0.4, -0.2) is 12.5 Å². The Kier molecular flexibility index (Phi) is 4.58. The molecule has 1 aromatic carbocycles. The van der Waals surface area contributed by atoms with Gasteiger partial charge in [-0.1, -0.05) is 18.2 Å². The molecule has 56 valence electrons. The van der Waals surface area contributed by atoms with E-state index in [1.165, 1.54) is 4.90 Å². The zero-order valence-electron chi connectivity index (χ0n) is 6.17. The molecule has 0 spiro atoms. The van der Waals surface area contributed by atoms with E-state index in [0.29, 0.717) is 10.9 Å². The molecule has 1 aromatic rings. The summed E-state index contributed by atoms with van der Waals surface area (Å²) < 4.78 is 0. The molecular formula is C8H11ClS. The average molecular weight is 175 g/mol. The van der Waals surface area contributed by atoms with Crippen LogP contribution in [0.2, 0.25) is 0 Å². The second-order valence-corrected chi connectivity index (χ2v) is 4.23. The molecule has 0 bridgehead atoms. The number of halogens is 1. The molecule has 0 aliphatic carbocycles. The van der Waals surface area contributed by atoms with Crippen LogP contribution < -0.4 is 12.4 Å². The van der Waals surface area contributed by atoms with Crippen molar-refractivity contribution in [3.63, 3.8) is 0 Å². The van der Waals surface area contributed by atoms with E-state index in [0.717, 1.165) is 0 Å². The minimum Gasteiger partial charge on any atom is -1.00 e. The van der Waals surface area contributed by atoms with Crippen LogP contribution >= 0.6 is 0 Å². The highest BCUT2D eigenvalue weighted by Gasteiger charge is 2.03. The molecule has 0 nitrogen and oxygen atoms in total. The van der Waals surface area contributed by atoms with Crippen LogP contribution in [0.4, 0.5) is 0 Å². The largest absolute Gasteiger partial charge is 1.00 e. The zero-order chi connectivity index (χ0) is 6.69. The fraction of sp³-hybridized carbons (Fsp3) is 0.250. The van der Waals surface area contributed by atoms with Crippen molar-refractivity contribution >= 4 is 10.9 Å². The van der Waals surface area contributed by atoms with E-state index in [2.05, 4.69) is 42.8 Å². The van der Waals surface area contributed by atoms with Crippen molar-refractivity contribution < 1.29 is 12.4 Å². The van der Waals surface area contributed by atoms with E-state index in [1.807, 2.05) is 0 Å². The van der Waals surface area contributed by atoms with Crippen molar-refractivity contribution in [1.29, 1.82) is 0 Å². The monoisotopic (exact) mass is 174 g/mol. The predicted octanol–water partition coefficient (Wildman–Crippen LogP) is -1.07. The van der Waals surface area contributed by atoms with Crippen LogP contribution in [0.25, 0.3) is 0 Å². The molecule has 0 unspecified atom stereocenters. The van der Waals surface area contributed by atoms with Crippen LogP contribution in [0.15, 0.2) is 35.2 Å². The Balaban J connectivity index is 0.000000810. The van der Waals surface area contributed by atoms with Crippen molar-refractivity contribution in [1.82, 2.24) is 0 Å². The molecule has 2 heteroatoms. The predicted molar refractivity (Wildman–Crippen MR) is 43.9 cm³/mol. The second-order valence-electron chi connectivity index (χ2n) is 2.13. The van der Waals surface area contributed by atoms with Gasteiger partial charge in [0.15, 0.2) is 4.90 Å². The standard InChI is InChI=1S/C8H11S.ClH/c1-9(2)8-6-4-3-5-7-8;/h3-7H,1-2H3;1H/q+1;/p-1. The van der Waals surface area contributed by atoms with Crippen molar-refractivity contribution in [3.05, 3.63) is 30.3 Å². The first-order valence-electron chi connectivity index (χ1n) is 2.93. The van der Waals surface area contributed by atoms with Crippen LogP contribution in [0.1, 0.15) is 0 Å². The summed E-state index contributed by atoms with van der Waals surface area (Å²) in [6.07, 6.45) is 4.46. The highest BCUT2D eigenvalue weighted by Crippen LogP contribution is 2.05. The molecule has 0 radical (unpaired) electrons. The molecule has 0 saturated carbocycles. The summed E-state index contributed by atoms with van der Waals surface area (Å²) in [4.78, 5) is 1.44. The van der Waals surface area contributed by atoms with Crippen LogP contribution in [0.3, 0.4) is 0 Å². The molecule has 1 rings (SSSR count). The van der Waals surface area contributed by atoms with Gasteiger partial charge in [-0.05, 0) is 12.1 Å². The minimum atomic E-state index is 0. The highest BCUT2D eigenvalue weighted by atomic mass is 35.5. The maximum Gasteiger partial charge on any atom is 0.154 e. The SMILES string of the molecule is C[S+](C)c1ccccc1.[Cl-]. The number of hydrogen-bond donors (Lipinski definition) is 0. The van der Waals surface area contributed by atoms with Crippen molar-refractivity contribution in [3.8, 4) is 0 Å². The first-order valence-corrected chi connectivity index (χ1v) is 4.97. The van der Waals surface area contributed by atoms with E-state index in [9.17, 15) is 0 Å². The first kappa shape index (κ1) is 9.86. The van der Waals surface area contributed by atoms with Gasteiger partial charge in [0.25, 0.3) is 0 Å². The normalized spacial score (nSPS) is 9.10. The van der Waals surface area contributed by atoms with Crippen LogP contribution in [0, 0.1) is 0 Å². The second kappa shape index (κ2) is 4.64. The number of benzene rings is 1. The Morgan fingerprint density at radius 1 is 1.00 bits per heavy atom. The van der Waals surface area contributed by atoms with Gasteiger partial charge in [-0.2, -0.15) is 0 Å². The fourth-order valence-corrected chi connectivity index (χ4v) is 1.39. The topological polar surface area (TPSA) is 0 Å². The zero-order valence-corrected chi connectivity index (χ0v) is 7.75. The molecule has 0 amide bonds. The van der Waals surface area contributed by atoms with Crippen molar-refractivity contribution in [2.24, 2.45) is 0 Å². The molecular weight excluding hydrogens is 164 g/mol. The molecule has 0 atom stereocenters. The molecule has 0 heterocycles. The highest BCUT2D eigenvalue weighted by molar-refractivity contribution is 7.95. The maximum absolute atomic E-state index is 2.23. The Morgan fingerprint density at radius 3 is 1.80 bits per heavy atom. The molecule has 0 aliphatic heterocycles. The van der Waals surface area contributed by atoms with E-state index >= 15 is 0 Å². The van der Waals surface area contributed by atoms with Gasteiger partial charge >= 0.3 is 0 Å². The van der Waals surface area contributed by atoms with Gasteiger partial charge in [-0.15, -0.1) is 0 Å². The quantitative estimate of drug-likeness (QED) is 0.476. The Labute approximate surface area is 71.4 Å². The van der Waals surface area contributed by atoms with E-state index in [-0.39, 0.29) is 12.4 Å². The van der Waals surface area contributed by atoms with Gasteiger partial charge in [-0.25, -0.2) is 0 Å². The van der Waals surface area contributed by atoms with Gasteiger partial charge in [0, 0.05) is 10.9 Å². The lowest BCUT2D eigenvalue weighted by Gasteiger charge is -1.91. The van der Waals surface area contributed by atoms with Crippen LogP contribution in [0.5, 0.6) is 0 Å². The maximum atomic E-state index is 2.23. The summed E-state index contributed by atoms with van der Waals surface area (Å²) in [7, 11) is 0.421. The summed E-state index contributed by atoms with van der Waals surface area (Å²) in [6.45, 7) is 0. The van der Waals surface area contributed by atoms with Crippen molar-refractivity contribution in [2.75, 3.05) is 12.5 Å². The molecule has 0 aliphatic rings. The molecule has 10 heavy (non-hydrogen) atoms.